The highest BCUT2D eigenvalue weighted by atomic mass is 32.2. The molecular formula is C19H25N3O2S. The molecule has 6 heteroatoms. The largest absolute Gasteiger partial charge is 0.302 e. The summed E-state index contributed by atoms with van der Waals surface area (Å²) in [5, 5.41) is 0. The highest BCUT2D eigenvalue weighted by molar-refractivity contribution is 7.89. The van der Waals surface area contributed by atoms with Gasteiger partial charge in [0.2, 0.25) is 10.0 Å². The van der Waals surface area contributed by atoms with Crippen LogP contribution in [0.25, 0.3) is 0 Å². The van der Waals surface area contributed by atoms with Crippen LogP contribution in [0.4, 0.5) is 0 Å². The van der Waals surface area contributed by atoms with Gasteiger partial charge in [-0.25, -0.2) is 13.1 Å². The molecule has 134 valence electrons. The van der Waals surface area contributed by atoms with Gasteiger partial charge in [0.25, 0.3) is 0 Å². The fraction of sp³-hybridized carbons (Fsp3) is 0.421. The first-order valence-corrected chi connectivity index (χ1v) is 10.3. The summed E-state index contributed by atoms with van der Waals surface area (Å²) >= 11 is 0. The zero-order valence-electron chi connectivity index (χ0n) is 14.3. The third kappa shape index (κ3) is 5.36. The summed E-state index contributed by atoms with van der Waals surface area (Å²) in [7, 11) is -3.49. The summed E-state index contributed by atoms with van der Waals surface area (Å²) in [4.78, 5) is 6.50. The molecule has 1 fully saturated rings. The third-order valence-electron chi connectivity index (χ3n) is 4.55. The molecule has 0 radical (unpaired) electrons. The van der Waals surface area contributed by atoms with Crippen LogP contribution in [0.15, 0.2) is 59.8 Å². The van der Waals surface area contributed by atoms with Crippen LogP contribution in [-0.4, -0.2) is 44.0 Å². The van der Waals surface area contributed by atoms with E-state index in [1.54, 1.807) is 18.3 Å². The van der Waals surface area contributed by atoms with Gasteiger partial charge in [-0.05, 0) is 56.5 Å². The molecule has 0 bridgehead atoms. The number of pyridine rings is 1. The fourth-order valence-corrected chi connectivity index (χ4v) is 4.52. The van der Waals surface area contributed by atoms with E-state index in [9.17, 15) is 8.42 Å². The van der Waals surface area contributed by atoms with Gasteiger partial charge >= 0.3 is 0 Å². The second kappa shape index (κ2) is 8.56. The van der Waals surface area contributed by atoms with Crippen molar-refractivity contribution in [3.63, 3.8) is 0 Å². The van der Waals surface area contributed by atoms with Crippen LogP contribution in [0.1, 0.15) is 24.8 Å². The Kier molecular flexibility index (Phi) is 6.18. The summed E-state index contributed by atoms with van der Waals surface area (Å²) in [5.41, 5.74) is 1.35. The van der Waals surface area contributed by atoms with E-state index in [2.05, 4.69) is 38.9 Å². The van der Waals surface area contributed by atoms with Crippen molar-refractivity contribution in [2.24, 2.45) is 0 Å². The van der Waals surface area contributed by atoms with Gasteiger partial charge in [-0.3, -0.25) is 4.98 Å². The Morgan fingerprint density at radius 2 is 2.00 bits per heavy atom. The molecule has 25 heavy (non-hydrogen) atoms. The minimum Gasteiger partial charge on any atom is -0.302 e. The zero-order chi connectivity index (χ0) is 17.5. The maximum Gasteiger partial charge on any atom is 0.242 e. The SMILES string of the molecule is O=S(=O)(N[C@H]1CCCN(CCCc2ccccc2)C1)c1cccnc1. The van der Waals surface area contributed by atoms with Crippen LogP contribution in [0.5, 0.6) is 0 Å². The van der Waals surface area contributed by atoms with E-state index in [1.807, 2.05) is 6.07 Å². The lowest BCUT2D eigenvalue weighted by Gasteiger charge is -2.33. The number of nitrogens with zero attached hydrogens (tertiary/aromatic N) is 2. The zero-order valence-corrected chi connectivity index (χ0v) is 15.2. The number of nitrogens with one attached hydrogen (secondary N) is 1. The van der Waals surface area contributed by atoms with Gasteiger partial charge in [-0.2, -0.15) is 0 Å². The number of hydrogen-bond donors (Lipinski definition) is 1. The molecule has 2 heterocycles. The highest BCUT2D eigenvalue weighted by Crippen LogP contribution is 2.15. The second-order valence-electron chi connectivity index (χ2n) is 6.54. The highest BCUT2D eigenvalue weighted by Gasteiger charge is 2.25. The lowest BCUT2D eigenvalue weighted by atomic mass is 10.1. The average Bonchev–Trinajstić information content (AvgIpc) is 2.63. The number of piperidine rings is 1. The maximum atomic E-state index is 12.4. The van der Waals surface area contributed by atoms with Gasteiger partial charge in [0.15, 0.2) is 0 Å². The summed E-state index contributed by atoms with van der Waals surface area (Å²) in [6.45, 7) is 2.81. The van der Waals surface area contributed by atoms with Crippen LogP contribution in [0, 0.1) is 0 Å². The Hall–Kier alpha value is -1.76. The number of hydrogen-bond acceptors (Lipinski definition) is 4. The summed E-state index contributed by atoms with van der Waals surface area (Å²) in [6.07, 6.45) is 7.02. The second-order valence-corrected chi connectivity index (χ2v) is 8.25. The predicted octanol–water partition coefficient (Wildman–Crippen LogP) is 2.46. The minimum atomic E-state index is -3.49. The van der Waals surface area contributed by atoms with E-state index in [4.69, 9.17) is 0 Å². The number of likely N-dealkylation sites (tertiary alicyclic amines) is 1. The molecule has 1 aromatic carbocycles. The molecule has 5 nitrogen and oxygen atoms in total. The Balaban J connectivity index is 1.49. The molecule has 2 aromatic rings. The smallest absolute Gasteiger partial charge is 0.242 e. The number of aryl methyl sites for hydroxylation is 1. The molecule has 1 aliphatic rings. The molecule has 1 aromatic heterocycles. The van der Waals surface area contributed by atoms with Crippen LogP contribution in [-0.2, 0) is 16.4 Å². The van der Waals surface area contributed by atoms with Crippen molar-refractivity contribution < 1.29 is 8.42 Å². The normalized spacial score (nSPS) is 19.0. The van der Waals surface area contributed by atoms with E-state index in [0.717, 1.165) is 45.3 Å². The van der Waals surface area contributed by atoms with E-state index < -0.39 is 10.0 Å². The fourth-order valence-electron chi connectivity index (χ4n) is 3.30. The van der Waals surface area contributed by atoms with E-state index >= 15 is 0 Å². The molecule has 0 saturated carbocycles. The molecule has 0 unspecified atom stereocenters. The van der Waals surface area contributed by atoms with Crippen molar-refractivity contribution in [2.75, 3.05) is 19.6 Å². The Labute approximate surface area is 150 Å². The van der Waals surface area contributed by atoms with Crippen molar-refractivity contribution in [3.05, 3.63) is 60.4 Å². The lowest BCUT2D eigenvalue weighted by Crippen LogP contribution is -2.47. The molecular weight excluding hydrogens is 334 g/mol. The van der Waals surface area contributed by atoms with Gasteiger partial charge in [-0.15, -0.1) is 0 Å². The minimum absolute atomic E-state index is 0.0318. The van der Waals surface area contributed by atoms with E-state index in [0.29, 0.717) is 0 Å². The van der Waals surface area contributed by atoms with Crippen LogP contribution in [0.3, 0.4) is 0 Å². The number of rotatable bonds is 7. The average molecular weight is 359 g/mol. The number of benzene rings is 1. The Morgan fingerprint density at radius 3 is 2.76 bits per heavy atom. The van der Waals surface area contributed by atoms with Crippen molar-refractivity contribution in [3.8, 4) is 0 Å². The van der Waals surface area contributed by atoms with Gasteiger partial charge < -0.3 is 4.90 Å². The van der Waals surface area contributed by atoms with Gasteiger partial charge in [0.05, 0.1) is 0 Å². The molecule has 3 rings (SSSR count). The third-order valence-corrected chi connectivity index (χ3v) is 6.06. The first-order valence-electron chi connectivity index (χ1n) is 8.82. The predicted molar refractivity (Wildman–Crippen MR) is 98.8 cm³/mol. The van der Waals surface area contributed by atoms with Crippen LogP contribution < -0.4 is 4.72 Å². The molecule has 1 saturated heterocycles. The Morgan fingerprint density at radius 1 is 1.16 bits per heavy atom. The summed E-state index contributed by atoms with van der Waals surface area (Å²) in [5.74, 6) is 0. The topological polar surface area (TPSA) is 62.3 Å². The van der Waals surface area contributed by atoms with E-state index in [-0.39, 0.29) is 10.9 Å². The molecule has 0 spiro atoms. The van der Waals surface area contributed by atoms with Crippen LogP contribution >= 0.6 is 0 Å². The first-order chi connectivity index (χ1) is 12.1. The van der Waals surface area contributed by atoms with Gasteiger partial charge in [-0.1, -0.05) is 30.3 Å². The summed E-state index contributed by atoms with van der Waals surface area (Å²) < 4.78 is 27.7. The maximum absolute atomic E-state index is 12.4. The Bertz CT molecular complexity index is 751. The van der Waals surface area contributed by atoms with Crippen LogP contribution in [0.2, 0.25) is 0 Å². The van der Waals surface area contributed by atoms with Crippen molar-refractivity contribution in [2.45, 2.75) is 36.6 Å². The molecule has 0 amide bonds. The molecule has 1 atom stereocenters. The van der Waals surface area contributed by atoms with Crippen molar-refractivity contribution in [1.29, 1.82) is 0 Å². The van der Waals surface area contributed by atoms with Gasteiger partial charge in [0.1, 0.15) is 4.90 Å². The molecule has 0 aliphatic carbocycles. The van der Waals surface area contributed by atoms with Gasteiger partial charge in [0, 0.05) is 25.0 Å². The molecule has 1 aliphatic heterocycles. The quantitative estimate of drug-likeness (QED) is 0.825. The van der Waals surface area contributed by atoms with Crippen molar-refractivity contribution >= 4 is 10.0 Å². The number of sulfonamides is 1. The standard InChI is InChI=1S/C19H25N3O2S/c23-25(24,19-11-4-12-20-15-19)21-18-10-6-14-22(16-18)13-5-9-17-7-2-1-3-8-17/h1-4,7-8,11-12,15,18,21H,5-6,9-10,13-14,16H2/t18-/m0/s1. The van der Waals surface area contributed by atoms with Crippen molar-refractivity contribution in [1.82, 2.24) is 14.6 Å². The first kappa shape index (κ1) is 18.0. The monoisotopic (exact) mass is 359 g/mol. The number of aromatic nitrogens is 1. The lowest BCUT2D eigenvalue weighted by molar-refractivity contribution is 0.200. The van der Waals surface area contributed by atoms with E-state index in [1.165, 1.54) is 11.8 Å². The summed E-state index contributed by atoms with van der Waals surface area (Å²) in [6, 6.07) is 13.7. The molecule has 1 N–H and O–H groups in total.